The molecule has 0 saturated carbocycles. The van der Waals surface area contributed by atoms with Gasteiger partial charge in [0, 0.05) is 0 Å². The van der Waals surface area contributed by atoms with Gasteiger partial charge in [0.25, 0.3) is 11.6 Å². The number of aliphatic carboxylic acids is 1. The summed E-state index contributed by atoms with van der Waals surface area (Å²) in [6, 6.07) is 1.48. The fraction of sp³-hybridized carbons (Fsp3) is 0.385. The number of hydrogen-bond acceptors (Lipinski definition) is 4. The molecule has 2 N–H and O–H groups in total. The van der Waals surface area contributed by atoms with Crippen LogP contribution in [0.2, 0.25) is 0 Å². The molecule has 0 spiro atoms. The standard InChI is InChI=1S/C13H14BrFN2O5/c1-3-4-13(2,12(19)20)16-11(18)8-5-7(15)6-9(10(8)14)17(21)22/h5-6H,3-4H2,1-2H3,(H,16,18)(H,19,20). The van der Waals surface area contributed by atoms with Gasteiger partial charge >= 0.3 is 5.97 Å². The van der Waals surface area contributed by atoms with Crippen LogP contribution in [0.3, 0.4) is 0 Å². The summed E-state index contributed by atoms with van der Waals surface area (Å²) in [5, 5.41) is 22.3. The molecule has 0 saturated heterocycles. The summed E-state index contributed by atoms with van der Waals surface area (Å²) in [5.41, 5.74) is -2.50. The number of carbonyl (C=O) groups is 2. The van der Waals surface area contributed by atoms with Crippen LogP contribution < -0.4 is 5.32 Å². The van der Waals surface area contributed by atoms with Gasteiger partial charge in [-0.3, -0.25) is 14.9 Å². The van der Waals surface area contributed by atoms with E-state index in [0.29, 0.717) is 12.5 Å². The number of benzene rings is 1. The fourth-order valence-electron chi connectivity index (χ4n) is 1.91. The van der Waals surface area contributed by atoms with Crippen molar-refractivity contribution >= 4 is 33.5 Å². The van der Waals surface area contributed by atoms with Crippen molar-refractivity contribution in [2.45, 2.75) is 32.2 Å². The van der Waals surface area contributed by atoms with Crippen LogP contribution in [0, 0.1) is 15.9 Å². The molecule has 0 fully saturated rings. The van der Waals surface area contributed by atoms with Gasteiger partial charge < -0.3 is 10.4 Å². The van der Waals surface area contributed by atoms with Gasteiger partial charge in [-0.05, 0) is 35.3 Å². The molecule has 0 aliphatic carbocycles. The van der Waals surface area contributed by atoms with Crippen molar-refractivity contribution in [3.8, 4) is 0 Å². The first kappa shape index (κ1) is 18.0. The van der Waals surface area contributed by atoms with Crippen LogP contribution >= 0.6 is 15.9 Å². The molecule has 0 aromatic heterocycles. The van der Waals surface area contributed by atoms with Crippen molar-refractivity contribution in [3.05, 3.63) is 38.1 Å². The molecule has 1 atom stereocenters. The highest BCUT2D eigenvalue weighted by molar-refractivity contribution is 9.10. The minimum atomic E-state index is -1.55. The highest BCUT2D eigenvalue weighted by Crippen LogP contribution is 2.30. The Morgan fingerprint density at radius 1 is 1.50 bits per heavy atom. The van der Waals surface area contributed by atoms with Crippen LogP contribution in [0.4, 0.5) is 10.1 Å². The van der Waals surface area contributed by atoms with Crippen molar-refractivity contribution in [2.75, 3.05) is 0 Å². The zero-order chi connectivity index (χ0) is 17.1. The molecule has 120 valence electrons. The van der Waals surface area contributed by atoms with E-state index < -0.39 is 33.8 Å². The highest BCUT2D eigenvalue weighted by Gasteiger charge is 2.35. The summed E-state index contributed by atoms with van der Waals surface area (Å²) in [7, 11) is 0. The first-order valence-corrected chi connectivity index (χ1v) is 7.11. The minimum absolute atomic E-state index is 0.156. The van der Waals surface area contributed by atoms with Crippen molar-refractivity contribution in [1.29, 1.82) is 0 Å². The third kappa shape index (κ3) is 3.79. The quantitative estimate of drug-likeness (QED) is 0.585. The molecule has 1 aromatic rings. The number of nitrogens with zero attached hydrogens (tertiary/aromatic N) is 1. The Hall–Kier alpha value is -2.03. The second kappa shape index (κ2) is 6.82. The number of halogens is 2. The number of nitro benzene ring substituents is 1. The second-order valence-corrected chi connectivity index (χ2v) is 5.68. The molecule has 0 heterocycles. The van der Waals surface area contributed by atoms with Crippen molar-refractivity contribution in [3.63, 3.8) is 0 Å². The molecule has 7 nitrogen and oxygen atoms in total. The number of carboxylic acids is 1. The van der Waals surface area contributed by atoms with E-state index in [-0.39, 0.29) is 16.5 Å². The Labute approximate surface area is 133 Å². The average molecular weight is 377 g/mol. The van der Waals surface area contributed by atoms with Gasteiger partial charge in [0.2, 0.25) is 0 Å². The highest BCUT2D eigenvalue weighted by atomic mass is 79.9. The third-order valence-corrected chi connectivity index (χ3v) is 3.90. The van der Waals surface area contributed by atoms with Crippen LogP contribution in [0.25, 0.3) is 0 Å². The summed E-state index contributed by atoms with van der Waals surface area (Å²) in [6.45, 7) is 3.06. The van der Waals surface area contributed by atoms with E-state index in [1.54, 1.807) is 6.92 Å². The predicted octanol–water partition coefficient (Wildman–Crippen LogP) is 2.87. The zero-order valence-electron chi connectivity index (χ0n) is 11.9. The zero-order valence-corrected chi connectivity index (χ0v) is 13.4. The topological polar surface area (TPSA) is 110 Å². The monoisotopic (exact) mass is 376 g/mol. The fourth-order valence-corrected chi connectivity index (χ4v) is 2.47. The largest absolute Gasteiger partial charge is 0.480 e. The van der Waals surface area contributed by atoms with Crippen molar-refractivity contribution in [1.82, 2.24) is 5.32 Å². The molecule has 22 heavy (non-hydrogen) atoms. The van der Waals surface area contributed by atoms with Gasteiger partial charge in [-0.25, -0.2) is 9.18 Å². The number of amides is 1. The first-order valence-electron chi connectivity index (χ1n) is 6.31. The molecule has 1 amide bonds. The van der Waals surface area contributed by atoms with Gasteiger partial charge in [0.1, 0.15) is 15.8 Å². The summed E-state index contributed by atoms with van der Waals surface area (Å²) < 4.78 is 13.2. The van der Waals surface area contributed by atoms with E-state index in [2.05, 4.69) is 21.2 Å². The normalized spacial score (nSPS) is 13.3. The van der Waals surface area contributed by atoms with Crippen LogP contribution in [0.15, 0.2) is 16.6 Å². The molecule has 0 aliphatic rings. The van der Waals surface area contributed by atoms with Gasteiger partial charge in [0.15, 0.2) is 0 Å². The lowest BCUT2D eigenvalue weighted by atomic mass is 9.95. The van der Waals surface area contributed by atoms with Crippen LogP contribution in [-0.4, -0.2) is 27.4 Å². The van der Waals surface area contributed by atoms with Crippen LogP contribution in [-0.2, 0) is 4.79 Å². The summed E-state index contributed by atoms with van der Waals surface area (Å²) >= 11 is 2.88. The van der Waals surface area contributed by atoms with Crippen LogP contribution in [0.1, 0.15) is 37.0 Å². The number of nitrogens with one attached hydrogen (secondary N) is 1. The van der Waals surface area contributed by atoms with E-state index in [0.717, 1.165) is 6.07 Å². The van der Waals surface area contributed by atoms with Gasteiger partial charge in [-0.2, -0.15) is 0 Å². The summed E-state index contributed by atoms with van der Waals surface area (Å²) in [5.74, 6) is -3.12. The number of nitro groups is 1. The van der Waals surface area contributed by atoms with E-state index in [1.165, 1.54) is 6.92 Å². The Morgan fingerprint density at radius 2 is 2.09 bits per heavy atom. The predicted molar refractivity (Wildman–Crippen MR) is 79.2 cm³/mol. The molecule has 1 rings (SSSR count). The number of carboxylic acid groups (broad SMARTS) is 1. The van der Waals surface area contributed by atoms with Crippen LogP contribution in [0.5, 0.6) is 0 Å². The van der Waals surface area contributed by atoms with E-state index in [4.69, 9.17) is 0 Å². The number of hydrogen-bond donors (Lipinski definition) is 2. The Morgan fingerprint density at radius 3 is 2.55 bits per heavy atom. The smallest absolute Gasteiger partial charge is 0.329 e. The maximum Gasteiger partial charge on any atom is 0.329 e. The Balaban J connectivity index is 3.23. The first-order chi connectivity index (χ1) is 10.1. The maximum atomic E-state index is 13.4. The Bertz CT molecular complexity index is 637. The molecular weight excluding hydrogens is 363 g/mol. The summed E-state index contributed by atoms with van der Waals surface area (Å²) in [6.07, 6.45) is 0.649. The minimum Gasteiger partial charge on any atom is -0.480 e. The van der Waals surface area contributed by atoms with Gasteiger partial charge in [-0.1, -0.05) is 13.3 Å². The molecule has 1 unspecified atom stereocenters. The lowest BCUT2D eigenvalue weighted by Gasteiger charge is -2.26. The lowest BCUT2D eigenvalue weighted by molar-refractivity contribution is -0.385. The lowest BCUT2D eigenvalue weighted by Crippen LogP contribution is -2.52. The van der Waals surface area contributed by atoms with E-state index >= 15 is 0 Å². The average Bonchev–Trinajstić information content (AvgIpc) is 2.40. The molecular formula is C13H14BrFN2O5. The molecule has 0 aliphatic heterocycles. The third-order valence-electron chi connectivity index (χ3n) is 3.07. The molecule has 1 aromatic carbocycles. The number of rotatable bonds is 6. The van der Waals surface area contributed by atoms with E-state index in [9.17, 15) is 29.2 Å². The van der Waals surface area contributed by atoms with E-state index in [1.807, 2.05) is 0 Å². The number of carbonyl (C=O) groups excluding carboxylic acids is 1. The van der Waals surface area contributed by atoms with Gasteiger partial charge in [0.05, 0.1) is 16.6 Å². The Kier molecular flexibility index (Phi) is 5.59. The maximum absolute atomic E-state index is 13.4. The van der Waals surface area contributed by atoms with Gasteiger partial charge in [-0.15, -0.1) is 0 Å². The summed E-state index contributed by atoms with van der Waals surface area (Å²) in [4.78, 5) is 33.5. The molecule has 9 heteroatoms. The SMILES string of the molecule is CCCC(C)(NC(=O)c1cc(F)cc([N+](=O)[O-])c1Br)C(=O)O. The molecule has 0 bridgehead atoms. The van der Waals surface area contributed by atoms with Crippen molar-refractivity contribution < 1.29 is 24.0 Å². The van der Waals surface area contributed by atoms with Crippen molar-refractivity contribution in [2.24, 2.45) is 0 Å². The molecule has 0 radical (unpaired) electrons. The second-order valence-electron chi connectivity index (χ2n) is 4.88.